The Kier molecular flexibility index (Phi) is 19.0. The van der Waals surface area contributed by atoms with Gasteiger partial charge in [0, 0.05) is 37.9 Å². The lowest BCUT2D eigenvalue weighted by Gasteiger charge is -2.35. The van der Waals surface area contributed by atoms with Crippen LogP contribution < -0.4 is 37.2 Å². The van der Waals surface area contributed by atoms with Gasteiger partial charge in [-0.1, -0.05) is 81.8 Å². The first-order valence-corrected chi connectivity index (χ1v) is 28.2. The van der Waals surface area contributed by atoms with Crippen molar-refractivity contribution >= 4 is 70.2 Å². The fourth-order valence-corrected chi connectivity index (χ4v) is 11.4. The maximum absolute atomic E-state index is 14.3. The molecule has 1 fully saturated rings. The van der Waals surface area contributed by atoms with Gasteiger partial charge in [-0.05, 0) is 125 Å². The molecule has 4 heterocycles. The molecule has 8 N–H and O–H groups in total. The zero-order valence-corrected chi connectivity index (χ0v) is 47.6. The molecule has 0 spiro atoms. The summed E-state index contributed by atoms with van der Waals surface area (Å²) in [5.41, 5.74) is 13.2. The van der Waals surface area contributed by atoms with Crippen LogP contribution in [0.5, 0.6) is 0 Å². The van der Waals surface area contributed by atoms with Crippen LogP contribution in [-0.2, 0) is 57.6 Å². The van der Waals surface area contributed by atoms with Crippen molar-refractivity contribution in [1.29, 1.82) is 0 Å². The van der Waals surface area contributed by atoms with E-state index in [4.69, 9.17) is 10.5 Å². The quantitative estimate of drug-likeness (QED) is 0.0477. The Morgan fingerprint density at radius 1 is 0.861 bits per heavy atom. The number of hydrogen-bond acceptors (Lipinski definition) is 12. The smallest absolute Gasteiger partial charge is 0.408 e. The molecule has 7 atom stereocenters. The van der Waals surface area contributed by atoms with Gasteiger partial charge in [0.15, 0.2) is 0 Å². The third-order valence-electron chi connectivity index (χ3n) is 14.8. The van der Waals surface area contributed by atoms with Crippen LogP contribution in [0.3, 0.4) is 0 Å². The van der Waals surface area contributed by atoms with E-state index < -0.39 is 83.0 Å². The van der Waals surface area contributed by atoms with E-state index in [0.717, 1.165) is 44.0 Å². The number of carbonyl (C=O) groups excluding carboxylic acids is 8. The first kappa shape index (κ1) is 59.5. The summed E-state index contributed by atoms with van der Waals surface area (Å²) in [4.78, 5) is 117. The lowest BCUT2D eigenvalue weighted by atomic mass is 9.85. The van der Waals surface area contributed by atoms with E-state index in [9.17, 15) is 43.5 Å². The Labute approximate surface area is 466 Å². The van der Waals surface area contributed by atoms with Gasteiger partial charge >= 0.3 is 6.09 Å². The number of nitrogens with one attached hydrogen (secondary N) is 5. The number of aliphatic hydroxyl groups excluding tert-OH is 1. The van der Waals surface area contributed by atoms with E-state index in [1.54, 1.807) is 43.7 Å². The van der Waals surface area contributed by atoms with Crippen LogP contribution in [-0.4, -0.2) is 111 Å². The molecule has 19 nitrogen and oxygen atoms in total. The topological polar surface area (TPSA) is 272 Å². The van der Waals surface area contributed by atoms with Gasteiger partial charge in [-0.3, -0.25) is 38.5 Å². The second-order valence-electron chi connectivity index (χ2n) is 23.2. The SMILES string of the molecule is Cc1ncsc1-c1ccc([C@H](C)NC(=O)[C@@H]2C[C@@H](O)CN2C(=O)[C@@H](NC(=O)CCCCCc2cccc(NC(=O)[C@H](CCC(N)=O)NC(=O)[C@@H]3Cc4cccc5c4N3C(=O)[C@@H](NC(=O)OC(C)(C)C)CC5)c2C)C(C)(C)C)cc1. The predicted octanol–water partition coefficient (Wildman–Crippen LogP) is 6.39. The number of anilines is 2. The Hall–Kier alpha value is -7.19. The van der Waals surface area contributed by atoms with Crippen LogP contribution in [0.1, 0.15) is 139 Å². The molecule has 3 aliphatic heterocycles. The Morgan fingerprint density at radius 3 is 2.23 bits per heavy atom. The monoisotopic (exact) mass is 1100 g/mol. The van der Waals surface area contributed by atoms with Crippen molar-refractivity contribution in [2.45, 2.75) is 181 Å². The molecule has 1 saturated heterocycles. The number of aryl methyl sites for hydroxylation is 3. The fourth-order valence-electron chi connectivity index (χ4n) is 10.6. The number of unbranched alkanes of at least 4 members (excludes halogenated alkanes) is 2. The summed E-state index contributed by atoms with van der Waals surface area (Å²) >= 11 is 1.56. The number of aliphatic hydroxyl groups is 1. The lowest BCUT2D eigenvalue weighted by Crippen LogP contribution is -2.57. The molecule has 20 heteroatoms. The summed E-state index contributed by atoms with van der Waals surface area (Å²) in [5.74, 6) is -3.45. The number of likely N-dealkylation sites (tertiary alicyclic amines) is 1. The average Bonchev–Trinajstić information content (AvgIpc) is 4.10. The van der Waals surface area contributed by atoms with Gasteiger partial charge in [-0.2, -0.15) is 0 Å². The molecule has 0 aliphatic carbocycles. The number of rotatable bonds is 20. The Morgan fingerprint density at radius 2 is 1.56 bits per heavy atom. The number of carbonyl (C=O) groups is 8. The first-order valence-electron chi connectivity index (χ1n) is 27.3. The van der Waals surface area contributed by atoms with Crippen molar-refractivity contribution in [2.24, 2.45) is 11.1 Å². The van der Waals surface area contributed by atoms with Gasteiger partial charge in [0.25, 0.3) is 0 Å². The van der Waals surface area contributed by atoms with E-state index in [0.29, 0.717) is 43.5 Å². The summed E-state index contributed by atoms with van der Waals surface area (Å²) in [6.45, 7) is 16.4. The molecule has 0 unspecified atom stereocenters. The number of amides is 8. The summed E-state index contributed by atoms with van der Waals surface area (Å²) in [7, 11) is 0. The van der Waals surface area contributed by atoms with Crippen LogP contribution >= 0.6 is 11.3 Å². The third kappa shape index (κ3) is 14.9. The molecule has 3 aliphatic rings. The molecule has 1 aromatic heterocycles. The Balaban J connectivity index is 0.916. The standard InChI is InChI=1S/C59H77N9O10S/c1-33-36(15-11-10-12-20-48(71)66-51(58(4,5)6)56(76)67-31-41(69)30-45(67)53(73)62-34(2)37-21-23-39(24-22-37)50-35(3)61-32-79-50)16-14-19-42(33)63-52(72)43(27-28-47(60)70)64-54(74)46-29-40-18-13-17-38-25-26-44(55(75)68(46)49(38)40)65-57(77)78-59(7,8)9/h13-14,16-19,21-24,32,34,41,43-46,51,69H,10-12,15,20,25-31H2,1-9H3,(H2,60,70)(H,62,73)(H,63,72)(H,64,74)(H,65,77)(H,66,71)/t34-,41+,43-,44-,45-,46-,51+/m0/s1. The number of para-hydroxylation sites is 1. The second-order valence-corrected chi connectivity index (χ2v) is 24.0. The summed E-state index contributed by atoms with van der Waals surface area (Å²) in [6.07, 6.45) is 1.72. The number of aromatic nitrogens is 1. The van der Waals surface area contributed by atoms with Crippen molar-refractivity contribution in [1.82, 2.24) is 31.2 Å². The maximum atomic E-state index is 14.3. The molecule has 0 radical (unpaired) electrons. The van der Waals surface area contributed by atoms with E-state index in [2.05, 4.69) is 31.6 Å². The van der Waals surface area contributed by atoms with Crippen molar-refractivity contribution in [2.75, 3.05) is 16.8 Å². The highest BCUT2D eigenvalue weighted by atomic mass is 32.1. The summed E-state index contributed by atoms with van der Waals surface area (Å²) < 4.78 is 5.44. The number of primary amides is 1. The number of β-amino-alcohol motifs (C(OH)–C–C–N with tert-alkyl or cyclic N) is 1. The lowest BCUT2D eigenvalue weighted by molar-refractivity contribution is -0.144. The van der Waals surface area contributed by atoms with Crippen molar-refractivity contribution < 1.29 is 48.2 Å². The highest BCUT2D eigenvalue weighted by molar-refractivity contribution is 7.13. The van der Waals surface area contributed by atoms with Crippen molar-refractivity contribution in [3.8, 4) is 10.4 Å². The van der Waals surface area contributed by atoms with E-state index in [1.807, 2.05) is 96.1 Å². The van der Waals surface area contributed by atoms with Crippen LogP contribution in [0, 0.1) is 19.3 Å². The number of thiazole rings is 1. The van der Waals surface area contributed by atoms with Crippen molar-refractivity contribution in [3.05, 3.63) is 99.7 Å². The number of nitrogens with two attached hydrogens (primary N) is 1. The fraction of sp³-hybridized carbons (Fsp3) is 0.508. The van der Waals surface area contributed by atoms with Crippen LogP contribution in [0.15, 0.2) is 66.2 Å². The molecule has 3 aromatic carbocycles. The van der Waals surface area contributed by atoms with Gasteiger partial charge in [-0.25, -0.2) is 9.78 Å². The van der Waals surface area contributed by atoms with Gasteiger partial charge in [0.1, 0.15) is 35.8 Å². The molecule has 0 bridgehead atoms. The van der Waals surface area contributed by atoms with Gasteiger partial charge in [-0.15, -0.1) is 11.3 Å². The zero-order valence-electron chi connectivity index (χ0n) is 46.8. The number of alkyl carbamates (subject to hydrolysis) is 1. The number of nitrogens with zero attached hydrogens (tertiary/aromatic N) is 3. The van der Waals surface area contributed by atoms with Gasteiger partial charge in [0.05, 0.1) is 33.9 Å². The number of benzene rings is 3. The molecular weight excluding hydrogens is 1030 g/mol. The minimum absolute atomic E-state index is 0.0361. The molecule has 7 rings (SSSR count). The number of ether oxygens (including phenoxy) is 1. The van der Waals surface area contributed by atoms with Crippen LogP contribution in [0.2, 0.25) is 0 Å². The minimum atomic E-state index is -1.20. The number of hydrogen-bond donors (Lipinski definition) is 7. The third-order valence-corrected chi connectivity index (χ3v) is 15.8. The van der Waals surface area contributed by atoms with E-state index in [-0.39, 0.29) is 62.9 Å². The maximum Gasteiger partial charge on any atom is 0.408 e. The minimum Gasteiger partial charge on any atom is -0.444 e. The molecule has 4 aromatic rings. The summed E-state index contributed by atoms with van der Waals surface area (Å²) in [5, 5.41) is 25.2. The normalized spacial score (nSPS) is 19.1. The van der Waals surface area contributed by atoms with E-state index in [1.165, 1.54) is 9.80 Å². The molecule has 0 saturated carbocycles. The highest BCUT2D eigenvalue weighted by Gasteiger charge is 2.46. The van der Waals surface area contributed by atoms with Gasteiger partial charge < -0.3 is 47.1 Å². The molecule has 424 valence electrons. The average molecular weight is 1100 g/mol. The Bertz CT molecular complexity index is 2930. The van der Waals surface area contributed by atoms with Crippen LogP contribution in [0.4, 0.5) is 16.2 Å². The van der Waals surface area contributed by atoms with Gasteiger partial charge in [0.2, 0.25) is 41.4 Å². The first-order chi connectivity index (χ1) is 37.3. The van der Waals surface area contributed by atoms with Crippen molar-refractivity contribution in [3.63, 3.8) is 0 Å². The molecular formula is C59H77N9O10S. The molecule has 8 amide bonds. The predicted molar refractivity (Wildman–Crippen MR) is 302 cm³/mol. The summed E-state index contributed by atoms with van der Waals surface area (Å²) in [6, 6.07) is 13.5. The highest BCUT2D eigenvalue weighted by Crippen LogP contribution is 2.39. The zero-order chi connectivity index (χ0) is 57.5. The second kappa shape index (κ2) is 25.3. The van der Waals surface area contributed by atoms with Crippen LogP contribution in [0.25, 0.3) is 10.4 Å². The van der Waals surface area contributed by atoms with E-state index >= 15 is 0 Å². The molecule has 79 heavy (non-hydrogen) atoms. The largest absolute Gasteiger partial charge is 0.444 e.